The summed E-state index contributed by atoms with van der Waals surface area (Å²) >= 11 is 0. The fourth-order valence-corrected chi connectivity index (χ4v) is 4.72. The molecule has 4 rings (SSSR count). The Hall–Kier alpha value is -2.02. The van der Waals surface area contributed by atoms with Gasteiger partial charge in [-0.05, 0) is 67.1 Å². The van der Waals surface area contributed by atoms with Crippen LogP contribution in [0.1, 0.15) is 42.1 Å². The van der Waals surface area contributed by atoms with E-state index in [1.165, 1.54) is 17.2 Å². The monoisotopic (exact) mass is 384 g/mol. The molecule has 1 aliphatic heterocycles. The topological polar surface area (TPSA) is 70.5 Å². The van der Waals surface area contributed by atoms with Crippen molar-refractivity contribution in [3.8, 4) is 0 Å². The Morgan fingerprint density at radius 3 is 2.52 bits per heavy atom. The normalized spacial score (nSPS) is 18.0. The molecule has 5 nitrogen and oxygen atoms in total. The first-order valence-electron chi connectivity index (χ1n) is 9.47. The SMILES string of the molecule is CCN1CCC(=C2c3ccc(S(=O)(=O)O)cc3CCc3cccnc32)CC1. The van der Waals surface area contributed by atoms with Crippen LogP contribution < -0.4 is 0 Å². The molecule has 6 heteroatoms. The summed E-state index contributed by atoms with van der Waals surface area (Å²) in [7, 11) is -4.21. The van der Waals surface area contributed by atoms with Crippen molar-refractivity contribution in [1.29, 1.82) is 0 Å². The molecule has 0 amide bonds. The Morgan fingerprint density at radius 1 is 1.07 bits per heavy atom. The van der Waals surface area contributed by atoms with Gasteiger partial charge in [0.1, 0.15) is 0 Å². The minimum absolute atomic E-state index is 0.0367. The van der Waals surface area contributed by atoms with Crippen molar-refractivity contribution in [2.45, 2.75) is 37.5 Å². The van der Waals surface area contributed by atoms with Crippen LogP contribution >= 0.6 is 0 Å². The van der Waals surface area contributed by atoms with E-state index in [2.05, 4.69) is 17.9 Å². The molecule has 1 fully saturated rings. The van der Waals surface area contributed by atoms with Crippen molar-refractivity contribution in [3.05, 3.63) is 64.5 Å². The lowest BCUT2D eigenvalue weighted by Gasteiger charge is -2.29. The molecule has 0 atom stereocenters. The Bertz CT molecular complexity index is 1000. The van der Waals surface area contributed by atoms with E-state index in [0.29, 0.717) is 0 Å². The second-order valence-electron chi connectivity index (χ2n) is 7.22. The van der Waals surface area contributed by atoms with E-state index in [1.807, 2.05) is 18.3 Å². The van der Waals surface area contributed by atoms with Crippen LogP contribution in [0.5, 0.6) is 0 Å². The van der Waals surface area contributed by atoms with Crippen molar-refractivity contribution in [3.63, 3.8) is 0 Å². The first kappa shape index (κ1) is 18.3. The molecule has 0 saturated carbocycles. The number of hydrogen-bond acceptors (Lipinski definition) is 4. The molecule has 1 saturated heterocycles. The number of aromatic nitrogens is 1. The Labute approximate surface area is 160 Å². The van der Waals surface area contributed by atoms with Crippen LogP contribution in [0.3, 0.4) is 0 Å². The fourth-order valence-electron chi connectivity index (χ4n) is 4.19. The highest BCUT2D eigenvalue weighted by Gasteiger charge is 2.25. The number of pyridine rings is 1. The highest BCUT2D eigenvalue weighted by molar-refractivity contribution is 7.85. The molecule has 1 N–H and O–H groups in total. The molecule has 142 valence electrons. The summed E-state index contributed by atoms with van der Waals surface area (Å²) in [6, 6.07) is 9.04. The number of nitrogens with zero attached hydrogens (tertiary/aromatic N) is 2. The van der Waals surface area contributed by atoms with Gasteiger partial charge < -0.3 is 4.90 Å². The molecule has 0 radical (unpaired) electrons. The standard InChI is InChI=1S/C21H24N2O3S/c1-2-23-12-9-15(10-13-23)20-19-8-7-18(27(24,25)26)14-17(19)6-5-16-4-3-11-22-21(16)20/h3-4,7-8,11,14H,2,5-6,9-10,12-13H2,1H3,(H,24,25,26). The van der Waals surface area contributed by atoms with E-state index in [1.54, 1.807) is 6.07 Å². The first-order chi connectivity index (χ1) is 13.0. The third-order valence-electron chi connectivity index (χ3n) is 5.70. The van der Waals surface area contributed by atoms with Gasteiger partial charge in [-0.3, -0.25) is 9.54 Å². The van der Waals surface area contributed by atoms with E-state index >= 15 is 0 Å². The second kappa shape index (κ2) is 7.19. The maximum absolute atomic E-state index is 11.6. The fraction of sp³-hybridized carbons (Fsp3) is 0.381. The number of piperidine rings is 1. The van der Waals surface area contributed by atoms with Gasteiger partial charge in [-0.2, -0.15) is 8.42 Å². The zero-order valence-corrected chi connectivity index (χ0v) is 16.3. The molecule has 2 heterocycles. The Morgan fingerprint density at radius 2 is 1.81 bits per heavy atom. The van der Waals surface area contributed by atoms with Crippen LogP contribution in [0, 0.1) is 0 Å². The second-order valence-corrected chi connectivity index (χ2v) is 8.64. The zero-order chi connectivity index (χ0) is 19.0. The van der Waals surface area contributed by atoms with E-state index in [0.717, 1.165) is 67.7 Å². The number of hydrogen-bond donors (Lipinski definition) is 1. The Balaban J connectivity index is 1.89. The molecule has 27 heavy (non-hydrogen) atoms. The summed E-state index contributed by atoms with van der Waals surface area (Å²) in [5.41, 5.74) is 6.79. The third kappa shape index (κ3) is 3.57. The summed E-state index contributed by atoms with van der Waals surface area (Å²) in [5.74, 6) is 0. The number of fused-ring (bicyclic) bond motifs is 2. The lowest BCUT2D eigenvalue weighted by molar-refractivity contribution is 0.270. The number of benzene rings is 1. The minimum atomic E-state index is -4.21. The average molecular weight is 385 g/mol. The molecule has 0 bridgehead atoms. The predicted molar refractivity (Wildman–Crippen MR) is 105 cm³/mol. The quantitative estimate of drug-likeness (QED) is 0.804. The van der Waals surface area contributed by atoms with Gasteiger partial charge in [-0.1, -0.05) is 24.6 Å². The van der Waals surface area contributed by atoms with Crippen molar-refractivity contribution in [2.75, 3.05) is 19.6 Å². The van der Waals surface area contributed by atoms with Gasteiger partial charge >= 0.3 is 0 Å². The summed E-state index contributed by atoms with van der Waals surface area (Å²) in [5, 5.41) is 0. The van der Waals surface area contributed by atoms with Crippen LogP contribution in [0.4, 0.5) is 0 Å². The summed E-state index contributed by atoms with van der Waals surface area (Å²) < 4.78 is 32.6. The van der Waals surface area contributed by atoms with Gasteiger partial charge in [0, 0.05) is 24.9 Å². The smallest absolute Gasteiger partial charge is 0.294 e. The molecule has 0 spiro atoms. The van der Waals surface area contributed by atoms with E-state index in [9.17, 15) is 13.0 Å². The Kier molecular flexibility index (Phi) is 4.88. The zero-order valence-electron chi connectivity index (χ0n) is 15.5. The summed E-state index contributed by atoms with van der Waals surface area (Å²) in [6.45, 7) is 5.32. The molecule has 2 aromatic rings. The largest absolute Gasteiger partial charge is 0.303 e. The lowest BCUT2D eigenvalue weighted by atomic mass is 9.88. The van der Waals surface area contributed by atoms with Crippen LogP contribution in [0.15, 0.2) is 47.0 Å². The van der Waals surface area contributed by atoms with Gasteiger partial charge in [0.15, 0.2) is 0 Å². The highest BCUT2D eigenvalue weighted by Crippen LogP contribution is 2.38. The van der Waals surface area contributed by atoms with E-state index in [-0.39, 0.29) is 4.90 Å². The maximum atomic E-state index is 11.6. The van der Waals surface area contributed by atoms with Gasteiger partial charge in [0.2, 0.25) is 0 Å². The van der Waals surface area contributed by atoms with Crippen LogP contribution in [-0.4, -0.2) is 42.5 Å². The van der Waals surface area contributed by atoms with E-state index in [4.69, 9.17) is 4.98 Å². The van der Waals surface area contributed by atoms with Crippen molar-refractivity contribution >= 4 is 15.7 Å². The van der Waals surface area contributed by atoms with Gasteiger partial charge in [-0.15, -0.1) is 0 Å². The van der Waals surface area contributed by atoms with Crippen LogP contribution in [-0.2, 0) is 23.0 Å². The first-order valence-corrected chi connectivity index (χ1v) is 10.9. The van der Waals surface area contributed by atoms with Gasteiger partial charge in [0.25, 0.3) is 10.1 Å². The molecule has 1 aromatic carbocycles. The minimum Gasteiger partial charge on any atom is -0.303 e. The average Bonchev–Trinajstić information content (AvgIpc) is 2.84. The lowest BCUT2D eigenvalue weighted by Crippen LogP contribution is -2.30. The number of aryl methyl sites for hydroxylation is 2. The number of likely N-dealkylation sites (tertiary alicyclic amines) is 1. The predicted octanol–water partition coefficient (Wildman–Crippen LogP) is 3.34. The van der Waals surface area contributed by atoms with Crippen molar-refractivity contribution in [2.24, 2.45) is 0 Å². The van der Waals surface area contributed by atoms with Crippen LogP contribution in [0.2, 0.25) is 0 Å². The molecule has 1 aliphatic carbocycles. The summed E-state index contributed by atoms with van der Waals surface area (Å²) in [6.07, 6.45) is 5.37. The van der Waals surface area contributed by atoms with Gasteiger partial charge in [-0.25, -0.2) is 0 Å². The van der Waals surface area contributed by atoms with Gasteiger partial charge in [0.05, 0.1) is 10.6 Å². The molecule has 2 aliphatic rings. The molecule has 0 unspecified atom stereocenters. The molecule has 1 aromatic heterocycles. The van der Waals surface area contributed by atoms with Crippen molar-refractivity contribution < 1.29 is 13.0 Å². The highest BCUT2D eigenvalue weighted by atomic mass is 32.2. The maximum Gasteiger partial charge on any atom is 0.294 e. The number of rotatable bonds is 2. The van der Waals surface area contributed by atoms with Crippen molar-refractivity contribution in [1.82, 2.24) is 9.88 Å². The molecular formula is C21H24N2O3S. The summed E-state index contributed by atoms with van der Waals surface area (Å²) in [4.78, 5) is 7.12. The van der Waals surface area contributed by atoms with Crippen LogP contribution in [0.25, 0.3) is 5.57 Å². The molecular weight excluding hydrogens is 360 g/mol. The van der Waals surface area contributed by atoms with E-state index < -0.39 is 10.1 Å². The third-order valence-corrected chi connectivity index (χ3v) is 6.55.